The highest BCUT2D eigenvalue weighted by molar-refractivity contribution is 5.95. The van der Waals surface area contributed by atoms with Gasteiger partial charge in [0.05, 0.1) is 25.0 Å². The molecule has 1 amide bonds. The highest BCUT2D eigenvalue weighted by atomic mass is 16.7. The van der Waals surface area contributed by atoms with Gasteiger partial charge in [-0.05, 0) is 30.3 Å². The van der Waals surface area contributed by atoms with E-state index in [2.05, 4.69) is 15.3 Å². The van der Waals surface area contributed by atoms with Gasteiger partial charge >= 0.3 is 0 Å². The summed E-state index contributed by atoms with van der Waals surface area (Å²) >= 11 is 0. The van der Waals surface area contributed by atoms with Crippen LogP contribution in [-0.4, -0.2) is 44.1 Å². The Balaban J connectivity index is 1.32. The van der Waals surface area contributed by atoms with Gasteiger partial charge in [0, 0.05) is 18.3 Å². The fraction of sp³-hybridized carbons (Fsp3) is 0.263. The summed E-state index contributed by atoms with van der Waals surface area (Å²) in [6.07, 6.45) is 3.33. The standard InChI is InChI=1S/C19H17N5O4/c25-19(13-3-4-17-18(8-13)28-12-27-17)23-6-7-24-16(10-23)15(21-22-24)11-26-14-2-1-5-20-9-14/h1-5,8-9H,6-7,10-12H2. The Bertz CT molecular complexity index is 1020. The Morgan fingerprint density at radius 3 is 3.00 bits per heavy atom. The molecule has 0 bridgehead atoms. The highest BCUT2D eigenvalue weighted by Crippen LogP contribution is 2.33. The smallest absolute Gasteiger partial charge is 0.254 e. The average Bonchev–Trinajstić information content (AvgIpc) is 3.38. The zero-order chi connectivity index (χ0) is 18.9. The maximum Gasteiger partial charge on any atom is 0.254 e. The molecule has 2 aliphatic heterocycles. The molecule has 9 nitrogen and oxygen atoms in total. The third-order valence-corrected chi connectivity index (χ3v) is 4.76. The molecule has 1 aromatic carbocycles. The number of carbonyl (C=O) groups excluding carboxylic acids is 1. The second kappa shape index (κ2) is 6.84. The number of hydrogen-bond acceptors (Lipinski definition) is 7. The molecular weight excluding hydrogens is 362 g/mol. The fourth-order valence-corrected chi connectivity index (χ4v) is 3.28. The van der Waals surface area contributed by atoms with E-state index in [-0.39, 0.29) is 19.3 Å². The van der Waals surface area contributed by atoms with E-state index < -0.39 is 0 Å². The molecule has 0 radical (unpaired) electrons. The highest BCUT2D eigenvalue weighted by Gasteiger charge is 2.27. The van der Waals surface area contributed by atoms with Gasteiger partial charge in [-0.15, -0.1) is 5.10 Å². The first-order valence-corrected chi connectivity index (χ1v) is 8.91. The number of nitrogens with zero attached hydrogens (tertiary/aromatic N) is 5. The first kappa shape index (κ1) is 16.5. The van der Waals surface area contributed by atoms with Crippen molar-refractivity contribution in [2.45, 2.75) is 19.7 Å². The quantitative estimate of drug-likeness (QED) is 0.680. The van der Waals surface area contributed by atoms with Crippen molar-refractivity contribution in [3.05, 3.63) is 59.7 Å². The normalized spacial score (nSPS) is 14.6. The van der Waals surface area contributed by atoms with E-state index in [0.717, 1.165) is 5.69 Å². The van der Waals surface area contributed by atoms with Gasteiger partial charge < -0.3 is 19.1 Å². The lowest BCUT2D eigenvalue weighted by molar-refractivity contribution is 0.0704. The maximum absolute atomic E-state index is 13.0. The topological polar surface area (TPSA) is 91.6 Å². The minimum Gasteiger partial charge on any atom is -0.486 e. The molecule has 0 unspecified atom stereocenters. The summed E-state index contributed by atoms with van der Waals surface area (Å²) in [6, 6.07) is 8.88. The first-order chi connectivity index (χ1) is 13.8. The van der Waals surface area contributed by atoms with Crippen molar-refractivity contribution in [2.75, 3.05) is 13.3 Å². The second-order valence-corrected chi connectivity index (χ2v) is 6.48. The van der Waals surface area contributed by atoms with E-state index in [1.165, 1.54) is 0 Å². The zero-order valence-electron chi connectivity index (χ0n) is 14.9. The minimum atomic E-state index is -0.0649. The SMILES string of the molecule is O=C(c1ccc2c(c1)OCO2)N1CCn2nnc(COc3cccnc3)c2C1. The number of amides is 1. The number of hydrogen-bond donors (Lipinski definition) is 0. The number of pyridine rings is 1. The molecule has 4 heterocycles. The molecule has 0 saturated heterocycles. The first-order valence-electron chi connectivity index (χ1n) is 8.91. The van der Waals surface area contributed by atoms with Crippen LogP contribution >= 0.6 is 0 Å². The molecule has 0 atom stereocenters. The number of rotatable bonds is 4. The van der Waals surface area contributed by atoms with Crippen LogP contribution in [0, 0.1) is 0 Å². The largest absolute Gasteiger partial charge is 0.486 e. The lowest BCUT2D eigenvalue weighted by atomic mass is 10.1. The third kappa shape index (κ3) is 3.00. The van der Waals surface area contributed by atoms with Gasteiger partial charge in [0.2, 0.25) is 6.79 Å². The molecular formula is C19H17N5O4. The Morgan fingerprint density at radius 2 is 2.11 bits per heavy atom. The second-order valence-electron chi connectivity index (χ2n) is 6.48. The predicted octanol–water partition coefficient (Wildman–Crippen LogP) is 1.64. The van der Waals surface area contributed by atoms with Crippen LogP contribution < -0.4 is 14.2 Å². The van der Waals surface area contributed by atoms with E-state index >= 15 is 0 Å². The molecule has 3 aromatic rings. The van der Waals surface area contributed by atoms with E-state index in [9.17, 15) is 4.79 Å². The third-order valence-electron chi connectivity index (χ3n) is 4.76. The Morgan fingerprint density at radius 1 is 1.18 bits per heavy atom. The van der Waals surface area contributed by atoms with Crippen molar-refractivity contribution in [3.63, 3.8) is 0 Å². The van der Waals surface area contributed by atoms with E-state index in [0.29, 0.717) is 48.1 Å². The summed E-state index contributed by atoms with van der Waals surface area (Å²) in [4.78, 5) is 18.8. The van der Waals surface area contributed by atoms with Crippen LogP contribution in [0.1, 0.15) is 21.7 Å². The average molecular weight is 379 g/mol. The molecule has 0 N–H and O–H groups in total. The van der Waals surface area contributed by atoms with Gasteiger partial charge in [0.1, 0.15) is 18.1 Å². The van der Waals surface area contributed by atoms with Crippen molar-refractivity contribution in [1.29, 1.82) is 0 Å². The van der Waals surface area contributed by atoms with Crippen LogP contribution in [-0.2, 0) is 19.7 Å². The minimum absolute atomic E-state index is 0.0649. The summed E-state index contributed by atoms with van der Waals surface area (Å²) in [6.45, 7) is 2.03. The summed E-state index contributed by atoms with van der Waals surface area (Å²) < 4.78 is 18.2. The molecule has 2 aromatic heterocycles. The number of benzene rings is 1. The fourth-order valence-electron chi connectivity index (χ4n) is 3.28. The van der Waals surface area contributed by atoms with Gasteiger partial charge in [0.25, 0.3) is 5.91 Å². The van der Waals surface area contributed by atoms with Crippen LogP contribution in [0.5, 0.6) is 17.2 Å². The molecule has 0 fully saturated rings. The van der Waals surface area contributed by atoms with Crippen LogP contribution in [0.2, 0.25) is 0 Å². The molecule has 0 saturated carbocycles. The molecule has 0 spiro atoms. The van der Waals surface area contributed by atoms with Crippen molar-refractivity contribution in [3.8, 4) is 17.2 Å². The monoisotopic (exact) mass is 379 g/mol. The Hall–Kier alpha value is -3.62. The molecule has 5 rings (SSSR count). The number of fused-ring (bicyclic) bond motifs is 2. The van der Waals surface area contributed by atoms with Crippen molar-refractivity contribution in [1.82, 2.24) is 24.9 Å². The van der Waals surface area contributed by atoms with Crippen LogP contribution in [0.25, 0.3) is 0 Å². The summed E-state index contributed by atoms with van der Waals surface area (Å²) in [5.74, 6) is 1.85. The molecule has 0 aliphatic carbocycles. The molecule has 9 heteroatoms. The Kier molecular flexibility index (Phi) is 4.04. The number of carbonyl (C=O) groups is 1. The van der Waals surface area contributed by atoms with Gasteiger partial charge in [-0.2, -0.15) is 0 Å². The van der Waals surface area contributed by atoms with Crippen molar-refractivity contribution >= 4 is 5.91 Å². The summed E-state index contributed by atoms with van der Waals surface area (Å²) in [5.41, 5.74) is 2.16. The van der Waals surface area contributed by atoms with E-state index in [1.807, 2.05) is 16.8 Å². The molecule has 142 valence electrons. The van der Waals surface area contributed by atoms with E-state index in [1.54, 1.807) is 35.5 Å². The van der Waals surface area contributed by atoms with Gasteiger partial charge in [-0.3, -0.25) is 9.78 Å². The van der Waals surface area contributed by atoms with Gasteiger partial charge in [-0.25, -0.2) is 4.68 Å². The zero-order valence-corrected chi connectivity index (χ0v) is 14.9. The van der Waals surface area contributed by atoms with Crippen LogP contribution in [0.4, 0.5) is 0 Å². The predicted molar refractivity (Wildman–Crippen MR) is 95.9 cm³/mol. The lowest BCUT2D eigenvalue weighted by Crippen LogP contribution is -2.38. The Labute approximate surface area is 160 Å². The summed E-state index contributed by atoms with van der Waals surface area (Å²) in [7, 11) is 0. The van der Waals surface area contributed by atoms with Gasteiger partial charge in [-0.1, -0.05) is 5.21 Å². The van der Waals surface area contributed by atoms with Crippen LogP contribution in [0.15, 0.2) is 42.7 Å². The lowest BCUT2D eigenvalue weighted by Gasteiger charge is -2.28. The van der Waals surface area contributed by atoms with Crippen molar-refractivity contribution < 1.29 is 19.0 Å². The van der Waals surface area contributed by atoms with Gasteiger partial charge in [0.15, 0.2) is 11.5 Å². The van der Waals surface area contributed by atoms with Crippen molar-refractivity contribution in [2.24, 2.45) is 0 Å². The number of ether oxygens (including phenoxy) is 3. The number of aromatic nitrogens is 4. The van der Waals surface area contributed by atoms with Crippen LogP contribution in [0.3, 0.4) is 0 Å². The van der Waals surface area contributed by atoms with E-state index in [4.69, 9.17) is 14.2 Å². The summed E-state index contributed by atoms with van der Waals surface area (Å²) in [5, 5.41) is 8.40. The molecule has 28 heavy (non-hydrogen) atoms. The molecule has 2 aliphatic rings. The maximum atomic E-state index is 13.0.